The molecule has 5 nitrogen and oxygen atoms in total. The molecule has 6 heteroatoms. The number of hydrogen-bond donors (Lipinski definition) is 1. The molecule has 21 heavy (non-hydrogen) atoms. The predicted octanol–water partition coefficient (Wildman–Crippen LogP) is 2.46. The van der Waals surface area contributed by atoms with Gasteiger partial charge in [-0.1, -0.05) is 6.07 Å². The first kappa shape index (κ1) is 14.6. The molecule has 0 unspecified atom stereocenters. The Kier molecular flexibility index (Phi) is 4.24. The fourth-order valence-electron chi connectivity index (χ4n) is 1.92. The monoisotopic (exact) mass is 287 g/mol. The number of esters is 1. The number of nitriles is 1. The van der Waals surface area contributed by atoms with Crippen LogP contribution in [0.3, 0.4) is 0 Å². The smallest absolute Gasteiger partial charge is 0.355 e. The maximum Gasteiger partial charge on any atom is 0.355 e. The number of carbonyl (C=O) groups is 1. The molecular formula is C15H14FN3O2. The van der Waals surface area contributed by atoms with E-state index < -0.39 is 11.8 Å². The molecule has 2 rings (SSSR count). The molecule has 0 amide bonds. The van der Waals surface area contributed by atoms with E-state index in [1.54, 1.807) is 10.8 Å². The van der Waals surface area contributed by atoms with Gasteiger partial charge < -0.3 is 15.0 Å². The number of nitrogen functional groups attached to an aromatic ring is 1. The fraction of sp³-hybridized carbons (Fsp3) is 0.200. The van der Waals surface area contributed by atoms with Crippen LogP contribution in [0.2, 0.25) is 0 Å². The summed E-state index contributed by atoms with van der Waals surface area (Å²) in [7, 11) is 0. The zero-order valence-electron chi connectivity index (χ0n) is 11.5. The molecule has 0 radical (unpaired) electrons. The van der Waals surface area contributed by atoms with Gasteiger partial charge in [0.15, 0.2) is 0 Å². The van der Waals surface area contributed by atoms with Crippen LogP contribution in [0.5, 0.6) is 0 Å². The van der Waals surface area contributed by atoms with Crippen LogP contribution >= 0.6 is 0 Å². The summed E-state index contributed by atoms with van der Waals surface area (Å²) in [5.41, 5.74) is 6.86. The topological polar surface area (TPSA) is 81.0 Å². The molecule has 2 N–H and O–H groups in total. The zero-order valence-corrected chi connectivity index (χ0v) is 11.5. The van der Waals surface area contributed by atoms with E-state index in [2.05, 4.69) is 0 Å². The highest BCUT2D eigenvalue weighted by Gasteiger charge is 2.14. The summed E-state index contributed by atoms with van der Waals surface area (Å²) in [4.78, 5) is 12.0. The Labute approximate surface area is 121 Å². The van der Waals surface area contributed by atoms with Gasteiger partial charge in [0, 0.05) is 18.3 Å². The SMILES string of the molecule is CCn1cc(N)cc1C(=O)OCc1ccc(C#N)cc1F. The molecule has 1 aromatic heterocycles. The number of nitrogens with two attached hydrogens (primary N) is 1. The van der Waals surface area contributed by atoms with E-state index in [4.69, 9.17) is 15.7 Å². The molecular weight excluding hydrogens is 273 g/mol. The van der Waals surface area contributed by atoms with E-state index in [9.17, 15) is 9.18 Å². The fourth-order valence-corrected chi connectivity index (χ4v) is 1.92. The van der Waals surface area contributed by atoms with Gasteiger partial charge >= 0.3 is 5.97 Å². The number of ether oxygens (including phenoxy) is 1. The maximum atomic E-state index is 13.7. The summed E-state index contributed by atoms with van der Waals surface area (Å²) in [5, 5.41) is 8.66. The Balaban J connectivity index is 2.09. The molecule has 0 aliphatic rings. The van der Waals surface area contributed by atoms with Crippen molar-refractivity contribution in [2.45, 2.75) is 20.1 Å². The number of hydrogen-bond acceptors (Lipinski definition) is 4. The van der Waals surface area contributed by atoms with Gasteiger partial charge in [0.2, 0.25) is 0 Å². The van der Waals surface area contributed by atoms with Crippen molar-refractivity contribution in [1.82, 2.24) is 4.57 Å². The lowest BCUT2D eigenvalue weighted by Crippen LogP contribution is -2.11. The molecule has 2 aromatic rings. The van der Waals surface area contributed by atoms with Gasteiger partial charge in [0.1, 0.15) is 18.1 Å². The van der Waals surface area contributed by atoms with E-state index in [-0.39, 0.29) is 17.7 Å². The van der Waals surface area contributed by atoms with E-state index in [1.807, 2.05) is 13.0 Å². The Morgan fingerprint density at radius 1 is 1.48 bits per heavy atom. The van der Waals surface area contributed by atoms with Gasteiger partial charge in [-0.15, -0.1) is 0 Å². The molecule has 0 saturated carbocycles. The number of aryl methyl sites for hydroxylation is 1. The third-order valence-corrected chi connectivity index (χ3v) is 3.01. The third-order valence-electron chi connectivity index (χ3n) is 3.01. The minimum absolute atomic E-state index is 0.203. The van der Waals surface area contributed by atoms with Crippen molar-refractivity contribution >= 4 is 11.7 Å². The second kappa shape index (κ2) is 6.09. The lowest BCUT2D eigenvalue weighted by Gasteiger charge is -2.08. The first-order valence-electron chi connectivity index (χ1n) is 6.36. The van der Waals surface area contributed by atoms with Crippen LogP contribution in [-0.4, -0.2) is 10.5 Å². The van der Waals surface area contributed by atoms with Crippen LogP contribution in [-0.2, 0) is 17.9 Å². The Morgan fingerprint density at radius 2 is 2.24 bits per heavy atom. The number of nitrogens with zero attached hydrogens (tertiary/aromatic N) is 2. The standard InChI is InChI=1S/C15H14FN3O2/c1-2-19-8-12(18)6-14(19)15(20)21-9-11-4-3-10(7-17)5-13(11)16/h3-6,8H,2,9,18H2,1H3. The van der Waals surface area contributed by atoms with E-state index >= 15 is 0 Å². The largest absolute Gasteiger partial charge is 0.456 e. The van der Waals surface area contributed by atoms with Crippen LogP contribution in [0.15, 0.2) is 30.5 Å². The van der Waals surface area contributed by atoms with E-state index in [0.29, 0.717) is 17.9 Å². The third kappa shape index (κ3) is 3.20. The molecule has 1 aromatic carbocycles. The van der Waals surface area contributed by atoms with Crippen molar-refractivity contribution in [3.63, 3.8) is 0 Å². The average molecular weight is 287 g/mol. The van der Waals surface area contributed by atoms with Gasteiger partial charge in [-0.25, -0.2) is 9.18 Å². The van der Waals surface area contributed by atoms with Crippen LogP contribution in [0, 0.1) is 17.1 Å². The predicted molar refractivity (Wildman–Crippen MR) is 74.8 cm³/mol. The quantitative estimate of drug-likeness (QED) is 0.876. The highest BCUT2D eigenvalue weighted by molar-refractivity contribution is 5.89. The molecule has 0 atom stereocenters. The molecule has 0 saturated heterocycles. The number of carbonyl (C=O) groups excluding carboxylic acids is 1. The summed E-state index contributed by atoms with van der Waals surface area (Å²) in [6.45, 7) is 2.24. The van der Waals surface area contributed by atoms with Gasteiger partial charge in [-0.3, -0.25) is 0 Å². The first-order chi connectivity index (χ1) is 10.0. The minimum Gasteiger partial charge on any atom is -0.456 e. The summed E-state index contributed by atoms with van der Waals surface area (Å²) < 4.78 is 20.4. The molecule has 108 valence electrons. The second-order valence-electron chi connectivity index (χ2n) is 4.44. The van der Waals surface area contributed by atoms with Crippen molar-refractivity contribution in [1.29, 1.82) is 5.26 Å². The van der Waals surface area contributed by atoms with Crippen molar-refractivity contribution in [3.8, 4) is 6.07 Å². The van der Waals surface area contributed by atoms with Crippen molar-refractivity contribution in [2.24, 2.45) is 0 Å². The Hall–Kier alpha value is -2.81. The first-order valence-corrected chi connectivity index (χ1v) is 6.36. The van der Waals surface area contributed by atoms with Crippen molar-refractivity contribution in [2.75, 3.05) is 5.73 Å². The van der Waals surface area contributed by atoms with Crippen LogP contribution in [0.4, 0.5) is 10.1 Å². The highest BCUT2D eigenvalue weighted by atomic mass is 19.1. The molecule has 1 heterocycles. The summed E-state index contributed by atoms with van der Waals surface area (Å²) in [5.74, 6) is -1.15. The van der Waals surface area contributed by atoms with Crippen molar-refractivity contribution in [3.05, 3.63) is 53.1 Å². The summed E-state index contributed by atoms with van der Waals surface area (Å²) in [6.07, 6.45) is 1.64. The number of aromatic nitrogens is 1. The number of halogens is 1. The van der Waals surface area contributed by atoms with Crippen LogP contribution < -0.4 is 5.73 Å². The van der Waals surface area contributed by atoms with E-state index in [0.717, 1.165) is 6.07 Å². The van der Waals surface area contributed by atoms with Crippen molar-refractivity contribution < 1.29 is 13.9 Å². The maximum absolute atomic E-state index is 13.7. The van der Waals surface area contributed by atoms with Gasteiger partial charge in [0.25, 0.3) is 0 Å². The highest BCUT2D eigenvalue weighted by Crippen LogP contribution is 2.15. The molecule has 0 spiro atoms. The van der Waals surface area contributed by atoms with Gasteiger partial charge in [0.05, 0.1) is 17.3 Å². The van der Waals surface area contributed by atoms with E-state index in [1.165, 1.54) is 18.2 Å². The molecule has 0 aliphatic heterocycles. The lowest BCUT2D eigenvalue weighted by atomic mass is 10.1. The minimum atomic E-state index is -0.577. The summed E-state index contributed by atoms with van der Waals surface area (Å²) >= 11 is 0. The molecule has 0 aliphatic carbocycles. The van der Waals surface area contributed by atoms with Crippen LogP contribution in [0.25, 0.3) is 0 Å². The summed E-state index contributed by atoms with van der Waals surface area (Å²) in [6, 6.07) is 7.36. The Morgan fingerprint density at radius 3 is 2.86 bits per heavy atom. The molecule has 0 fully saturated rings. The lowest BCUT2D eigenvalue weighted by molar-refractivity contribution is 0.0456. The van der Waals surface area contributed by atoms with Gasteiger partial charge in [-0.2, -0.15) is 5.26 Å². The number of anilines is 1. The molecule has 0 bridgehead atoms. The second-order valence-corrected chi connectivity index (χ2v) is 4.44. The number of benzene rings is 1. The van der Waals surface area contributed by atoms with Crippen LogP contribution in [0.1, 0.15) is 28.5 Å². The number of rotatable bonds is 4. The normalized spacial score (nSPS) is 10.1. The van der Waals surface area contributed by atoms with Gasteiger partial charge in [-0.05, 0) is 25.1 Å². The Bertz CT molecular complexity index is 716. The average Bonchev–Trinajstić information content (AvgIpc) is 2.86. The zero-order chi connectivity index (χ0) is 15.4.